The quantitative estimate of drug-likeness (QED) is 0.703. The standard InChI is InChI=1S/C17H31N3O5S/c1-14-7-10-19(11-8-14)17(22)25-13-15-6-4-5-9-20(15)16(21)12-18(2)26(3,23)24/h14-15H,4-13H2,1-3H3. The number of hydrogen-bond donors (Lipinski definition) is 0. The van der Waals surface area contributed by atoms with Crippen molar-refractivity contribution in [3.05, 3.63) is 0 Å². The summed E-state index contributed by atoms with van der Waals surface area (Å²) in [7, 11) is -2.01. The van der Waals surface area contributed by atoms with E-state index < -0.39 is 10.0 Å². The monoisotopic (exact) mass is 389 g/mol. The molecule has 8 nitrogen and oxygen atoms in total. The number of piperidine rings is 2. The van der Waals surface area contributed by atoms with Gasteiger partial charge in [-0.15, -0.1) is 0 Å². The van der Waals surface area contributed by atoms with Crippen LogP contribution in [-0.4, -0.2) is 86.7 Å². The minimum Gasteiger partial charge on any atom is -0.447 e. The third-order valence-electron chi connectivity index (χ3n) is 5.31. The lowest BCUT2D eigenvalue weighted by Gasteiger charge is -2.37. The van der Waals surface area contributed by atoms with Crippen molar-refractivity contribution in [2.45, 2.75) is 45.1 Å². The first kappa shape index (κ1) is 21.0. The Labute approximate surface area is 156 Å². The zero-order chi connectivity index (χ0) is 19.3. The summed E-state index contributed by atoms with van der Waals surface area (Å²) in [6, 6.07) is -0.183. The van der Waals surface area contributed by atoms with Crippen LogP contribution in [0.25, 0.3) is 0 Å². The second-order valence-electron chi connectivity index (χ2n) is 7.50. The molecule has 2 saturated heterocycles. The molecule has 0 aliphatic carbocycles. The first-order chi connectivity index (χ1) is 12.2. The highest BCUT2D eigenvalue weighted by atomic mass is 32.2. The molecular weight excluding hydrogens is 358 g/mol. The number of ether oxygens (including phenoxy) is 1. The van der Waals surface area contributed by atoms with Gasteiger partial charge >= 0.3 is 6.09 Å². The molecule has 2 heterocycles. The molecule has 1 atom stereocenters. The van der Waals surface area contributed by atoms with Crippen LogP contribution in [0.3, 0.4) is 0 Å². The van der Waals surface area contributed by atoms with E-state index in [-0.39, 0.29) is 31.2 Å². The fourth-order valence-electron chi connectivity index (χ4n) is 3.35. The fraction of sp³-hybridized carbons (Fsp3) is 0.882. The smallest absolute Gasteiger partial charge is 0.409 e. The molecule has 0 spiro atoms. The van der Waals surface area contributed by atoms with Crippen LogP contribution >= 0.6 is 0 Å². The van der Waals surface area contributed by atoms with Crippen molar-refractivity contribution in [1.29, 1.82) is 0 Å². The van der Waals surface area contributed by atoms with Gasteiger partial charge in [-0.25, -0.2) is 13.2 Å². The third-order valence-corrected chi connectivity index (χ3v) is 6.57. The fourth-order valence-corrected chi connectivity index (χ4v) is 3.70. The minimum atomic E-state index is -3.41. The summed E-state index contributed by atoms with van der Waals surface area (Å²) in [6.07, 6.45) is 5.34. The number of sulfonamides is 1. The summed E-state index contributed by atoms with van der Waals surface area (Å²) in [6.45, 7) is 4.16. The number of likely N-dealkylation sites (N-methyl/N-ethyl adjacent to an activating group) is 1. The zero-order valence-electron chi connectivity index (χ0n) is 16.0. The van der Waals surface area contributed by atoms with Gasteiger partial charge in [-0.05, 0) is 38.0 Å². The van der Waals surface area contributed by atoms with Gasteiger partial charge in [0.15, 0.2) is 0 Å². The molecule has 0 aromatic heterocycles. The lowest BCUT2D eigenvalue weighted by molar-refractivity contribution is -0.136. The molecule has 0 aromatic rings. The normalized spacial score (nSPS) is 22.5. The highest BCUT2D eigenvalue weighted by Gasteiger charge is 2.30. The Balaban J connectivity index is 1.87. The summed E-state index contributed by atoms with van der Waals surface area (Å²) in [5, 5.41) is 0. The molecule has 0 radical (unpaired) electrons. The molecule has 26 heavy (non-hydrogen) atoms. The predicted molar refractivity (Wildman–Crippen MR) is 98.1 cm³/mol. The number of likely N-dealkylation sites (tertiary alicyclic amines) is 2. The molecule has 0 saturated carbocycles. The van der Waals surface area contributed by atoms with E-state index in [0.717, 1.165) is 42.7 Å². The Bertz CT molecular complexity index is 602. The van der Waals surface area contributed by atoms with Crippen LogP contribution in [0.1, 0.15) is 39.0 Å². The van der Waals surface area contributed by atoms with Crippen molar-refractivity contribution >= 4 is 22.0 Å². The van der Waals surface area contributed by atoms with Gasteiger partial charge in [0.1, 0.15) is 6.61 Å². The molecule has 2 rings (SSSR count). The lowest BCUT2D eigenvalue weighted by Crippen LogP contribution is -2.50. The first-order valence-corrected chi connectivity index (χ1v) is 11.2. The summed E-state index contributed by atoms with van der Waals surface area (Å²) in [4.78, 5) is 28.2. The topological polar surface area (TPSA) is 87.2 Å². The van der Waals surface area contributed by atoms with E-state index in [0.29, 0.717) is 25.6 Å². The Morgan fingerprint density at radius 2 is 1.77 bits per heavy atom. The van der Waals surface area contributed by atoms with Crippen LogP contribution in [0.2, 0.25) is 0 Å². The van der Waals surface area contributed by atoms with E-state index >= 15 is 0 Å². The van der Waals surface area contributed by atoms with Gasteiger partial charge in [0.05, 0.1) is 18.8 Å². The van der Waals surface area contributed by atoms with Crippen molar-refractivity contribution in [3.8, 4) is 0 Å². The van der Waals surface area contributed by atoms with E-state index in [1.807, 2.05) is 0 Å². The number of amides is 2. The van der Waals surface area contributed by atoms with Gasteiger partial charge in [-0.1, -0.05) is 6.92 Å². The molecule has 150 valence electrons. The molecule has 0 aromatic carbocycles. The molecule has 2 amide bonds. The summed E-state index contributed by atoms with van der Waals surface area (Å²) >= 11 is 0. The van der Waals surface area contributed by atoms with Crippen molar-refractivity contribution in [2.75, 3.05) is 46.1 Å². The molecular formula is C17H31N3O5S. The SMILES string of the molecule is CC1CCN(C(=O)OCC2CCCCN2C(=O)CN(C)S(C)(=O)=O)CC1. The van der Waals surface area contributed by atoms with Crippen LogP contribution < -0.4 is 0 Å². The van der Waals surface area contributed by atoms with Crippen LogP contribution in [0.4, 0.5) is 4.79 Å². The number of rotatable bonds is 5. The Hall–Kier alpha value is -1.35. The summed E-state index contributed by atoms with van der Waals surface area (Å²) in [5.74, 6) is 0.391. The van der Waals surface area contributed by atoms with Crippen molar-refractivity contribution in [2.24, 2.45) is 5.92 Å². The van der Waals surface area contributed by atoms with Crippen LogP contribution in [0, 0.1) is 5.92 Å². The average molecular weight is 390 g/mol. The number of nitrogens with zero attached hydrogens (tertiary/aromatic N) is 3. The molecule has 1 unspecified atom stereocenters. The predicted octanol–water partition coefficient (Wildman–Crippen LogP) is 1.13. The van der Waals surface area contributed by atoms with E-state index in [9.17, 15) is 18.0 Å². The minimum absolute atomic E-state index is 0.166. The van der Waals surface area contributed by atoms with Gasteiger partial charge in [0, 0.05) is 26.7 Å². The van der Waals surface area contributed by atoms with Gasteiger partial charge in [-0.2, -0.15) is 4.31 Å². The number of carbonyl (C=O) groups excluding carboxylic acids is 2. The molecule has 2 aliphatic rings. The van der Waals surface area contributed by atoms with E-state index in [1.165, 1.54) is 7.05 Å². The average Bonchev–Trinajstić information content (AvgIpc) is 2.59. The van der Waals surface area contributed by atoms with Crippen LogP contribution in [-0.2, 0) is 19.6 Å². The maximum Gasteiger partial charge on any atom is 0.409 e. The third kappa shape index (κ3) is 5.84. The zero-order valence-corrected chi connectivity index (χ0v) is 16.8. The Kier molecular flexibility index (Phi) is 7.28. The van der Waals surface area contributed by atoms with Gasteiger partial charge in [0.25, 0.3) is 0 Å². The largest absolute Gasteiger partial charge is 0.447 e. The second kappa shape index (κ2) is 9.03. The van der Waals surface area contributed by atoms with Crippen LogP contribution in [0.5, 0.6) is 0 Å². The molecule has 0 bridgehead atoms. The molecule has 9 heteroatoms. The maximum absolute atomic E-state index is 12.5. The Morgan fingerprint density at radius 1 is 1.12 bits per heavy atom. The highest BCUT2D eigenvalue weighted by molar-refractivity contribution is 7.88. The van der Waals surface area contributed by atoms with E-state index in [4.69, 9.17) is 4.74 Å². The van der Waals surface area contributed by atoms with Crippen molar-refractivity contribution in [1.82, 2.24) is 14.1 Å². The lowest BCUT2D eigenvalue weighted by atomic mass is 10.00. The first-order valence-electron chi connectivity index (χ1n) is 9.31. The molecule has 0 N–H and O–H groups in total. The van der Waals surface area contributed by atoms with E-state index in [2.05, 4.69) is 6.92 Å². The van der Waals surface area contributed by atoms with Crippen molar-refractivity contribution < 1.29 is 22.7 Å². The second-order valence-corrected chi connectivity index (χ2v) is 9.59. The number of hydrogen-bond acceptors (Lipinski definition) is 5. The summed E-state index contributed by atoms with van der Waals surface area (Å²) < 4.78 is 29.6. The maximum atomic E-state index is 12.5. The van der Waals surface area contributed by atoms with Gasteiger partial charge in [-0.3, -0.25) is 4.79 Å². The molecule has 2 aliphatic heterocycles. The molecule has 2 fully saturated rings. The van der Waals surface area contributed by atoms with Gasteiger partial charge in [0.2, 0.25) is 15.9 Å². The number of carbonyl (C=O) groups is 2. The van der Waals surface area contributed by atoms with Crippen LogP contribution in [0.15, 0.2) is 0 Å². The van der Waals surface area contributed by atoms with Gasteiger partial charge < -0.3 is 14.5 Å². The van der Waals surface area contributed by atoms with Crippen molar-refractivity contribution in [3.63, 3.8) is 0 Å². The van der Waals surface area contributed by atoms with E-state index in [1.54, 1.807) is 9.80 Å². The highest BCUT2D eigenvalue weighted by Crippen LogP contribution is 2.20. The Morgan fingerprint density at radius 3 is 2.38 bits per heavy atom. The summed E-state index contributed by atoms with van der Waals surface area (Å²) in [5.41, 5.74) is 0.